The van der Waals surface area contributed by atoms with E-state index >= 15 is 0 Å². The van der Waals surface area contributed by atoms with Gasteiger partial charge in [-0.05, 0) is 41.5 Å². The van der Waals surface area contributed by atoms with Crippen molar-refractivity contribution < 1.29 is 27.5 Å². The third-order valence-electron chi connectivity index (χ3n) is 4.38. The van der Waals surface area contributed by atoms with Gasteiger partial charge in [-0.3, -0.25) is 4.79 Å². The number of amides is 1. The van der Waals surface area contributed by atoms with Crippen molar-refractivity contribution in [2.75, 3.05) is 7.11 Å². The molecule has 0 aliphatic rings. The van der Waals surface area contributed by atoms with Gasteiger partial charge in [-0.2, -0.15) is 13.2 Å². The van der Waals surface area contributed by atoms with E-state index in [9.17, 15) is 22.8 Å². The van der Waals surface area contributed by atoms with E-state index in [-0.39, 0.29) is 6.42 Å². The number of methoxy groups -OCH3 is 1. The number of halogens is 3. The van der Waals surface area contributed by atoms with Crippen LogP contribution in [0.1, 0.15) is 27.0 Å². The van der Waals surface area contributed by atoms with E-state index in [0.29, 0.717) is 28.6 Å². The summed E-state index contributed by atoms with van der Waals surface area (Å²) in [4.78, 5) is 23.2. The van der Waals surface area contributed by atoms with E-state index < -0.39 is 23.6 Å². The molecule has 1 amide bonds. The number of rotatable bonds is 5. The molecule has 0 saturated carbocycles. The fraction of sp³-hybridized carbons (Fsp3) is 0.200. The highest BCUT2D eigenvalue weighted by Crippen LogP contribution is 2.30. The smallest absolute Gasteiger partial charge is 0.416 e. The van der Waals surface area contributed by atoms with Crippen LogP contribution in [-0.2, 0) is 28.7 Å². The number of aromatic nitrogens is 1. The molecule has 0 saturated heterocycles. The molecule has 8 heteroatoms. The molecule has 0 atom stereocenters. The average molecular weight is 390 g/mol. The molecule has 0 spiro atoms. The molecule has 0 bridgehead atoms. The Hall–Kier alpha value is -3.29. The Morgan fingerprint density at radius 2 is 1.79 bits per heavy atom. The van der Waals surface area contributed by atoms with Crippen LogP contribution in [0.4, 0.5) is 13.2 Å². The van der Waals surface area contributed by atoms with Gasteiger partial charge in [-0.1, -0.05) is 12.1 Å². The van der Waals surface area contributed by atoms with Crippen molar-refractivity contribution in [3.63, 3.8) is 0 Å². The lowest BCUT2D eigenvalue weighted by molar-refractivity contribution is -0.137. The molecule has 1 aromatic heterocycles. The van der Waals surface area contributed by atoms with Crippen LogP contribution in [0.5, 0.6) is 0 Å². The Labute approximate surface area is 158 Å². The number of carbonyl (C=O) groups excluding carboxylic acids is 2. The summed E-state index contributed by atoms with van der Waals surface area (Å²) in [7, 11) is 1.27. The molecule has 0 unspecified atom stereocenters. The Balaban J connectivity index is 2.00. The molecule has 2 N–H and O–H groups in total. The number of fused-ring (bicyclic) bond motifs is 1. The van der Waals surface area contributed by atoms with Gasteiger partial charge < -0.3 is 15.0 Å². The topological polar surface area (TPSA) is 74.3 Å². The summed E-state index contributed by atoms with van der Waals surface area (Å²) >= 11 is 0. The van der Waals surface area contributed by atoms with Gasteiger partial charge in [-0.15, -0.1) is 0 Å². The largest absolute Gasteiger partial charge is 0.465 e. The second-order valence-corrected chi connectivity index (χ2v) is 6.34. The number of carbonyl (C=O) groups is 2. The molecule has 2 aromatic carbocycles. The molecule has 146 valence electrons. The zero-order valence-electron chi connectivity index (χ0n) is 14.9. The van der Waals surface area contributed by atoms with Gasteiger partial charge in [0.25, 0.3) is 0 Å². The highest BCUT2D eigenvalue weighted by molar-refractivity contribution is 5.97. The first-order chi connectivity index (χ1) is 13.2. The highest BCUT2D eigenvalue weighted by Gasteiger charge is 2.29. The van der Waals surface area contributed by atoms with Crippen LogP contribution in [0.3, 0.4) is 0 Å². The number of hydrogen-bond donors (Lipinski definition) is 1. The number of benzene rings is 2. The lowest BCUT2D eigenvalue weighted by Gasteiger charge is -2.09. The molecule has 3 rings (SSSR count). The second-order valence-electron chi connectivity index (χ2n) is 6.34. The monoisotopic (exact) mass is 390 g/mol. The fourth-order valence-corrected chi connectivity index (χ4v) is 3.07. The van der Waals surface area contributed by atoms with Gasteiger partial charge >= 0.3 is 12.1 Å². The van der Waals surface area contributed by atoms with Gasteiger partial charge in [-0.25, -0.2) is 4.79 Å². The van der Waals surface area contributed by atoms with E-state index in [4.69, 9.17) is 10.5 Å². The maximum Gasteiger partial charge on any atom is 0.416 e. The molecular formula is C20H17F3N2O3. The summed E-state index contributed by atoms with van der Waals surface area (Å²) in [6, 6.07) is 9.78. The number of nitrogens with two attached hydrogens (primary N) is 1. The average Bonchev–Trinajstić information content (AvgIpc) is 2.97. The molecular weight excluding hydrogens is 373 g/mol. The van der Waals surface area contributed by atoms with Crippen molar-refractivity contribution in [2.24, 2.45) is 5.73 Å². The number of nitrogens with zero attached hydrogens (tertiary/aromatic N) is 1. The van der Waals surface area contributed by atoms with Crippen molar-refractivity contribution in [1.82, 2.24) is 4.57 Å². The summed E-state index contributed by atoms with van der Waals surface area (Å²) < 4.78 is 44.7. The normalized spacial score (nSPS) is 11.6. The lowest BCUT2D eigenvalue weighted by atomic mass is 10.1. The summed E-state index contributed by atoms with van der Waals surface area (Å²) in [5.41, 5.74) is 6.93. The van der Waals surface area contributed by atoms with E-state index in [0.717, 1.165) is 17.6 Å². The number of esters is 1. The Morgan fingerprint density at radius 3 is 2.36 bits per heavy atom. The van der Waals surface area contributed by atoms with Crippen molar-refractivity contribution in [3.8, 4) is 0 Å². The third-order valence-corrected chi connectivity index (χ3v) is 4.38. The summed E-state index contributed by atoms with van der Waals surface area (Å²) in [5, 5.41) is 0.661. The molecule has 0 aliphatic heterocycles. The zero-order chi connectivity index (χ0) is 20.5. The Kier molecular flexibility index (Phi) is 5.13. The molecule has 0 radical (unpaired) electrons. The van der Waals surface area contributed by atoms with Crippen molar-refractivity contribution in [1.29, 1.82) is 0 Å². The van der Waals surface area contributed by atoms with E-state index in [1.165, 1.54) is 19.2 Å². The van der Waals surface area contributed by atoms with E-state index in [2.05, 4.69) is 0 Å². The Morgan fingerprint density at radius 1 is 1.11 bits per heavy atom. The SMILES string of the molecule is COC(=O)c1ccc2c(c1)c(CC(N)=O)cn2Cc1ccc(C(F)(F)F)cc1. The standard InChI is InChI=1S/C20H17F3N2O3/c1-28-19(27)13-4-7-17-16(8-13)14(9-18(24)26)11-25(17)10-12-2-5-15(6-3-12)20(21,22)23/h2-8,11H,9-10H2,1H3,(H2,24,26). The van der Waals surface area contributed by atoms with Gasteiger partial charge in [0, 0.05) is 23.6 Å². The Bertz CT molecular complexity index is 1040. The molecule has 0 fully saturated rings. The van der Waals surface area contributed by atoms with Crippen molar-refractivity contribution >= 4 is 22.8 Å². The second kappa shape index (κ2) is 7.38. The maximum atomic E-state index is 12.7. The minimum Gasteiger partial charge on any atom is -0.465 e. The quantitative estimate of drug-likeness (QED) is 0.678. The maximum absolute atomic E-state index is 12.7. The summed E-state index contributed by atoms with van der Waals surface area (Å²) in [5.74, 6) is -1.04. The first-order valence-electron chi connectivity index (χ1n) is 8.33. The van der Waals surface area contributed by atoms with Crippen molar-refractivity contribution in [2.45, 2.75) is 19.1 Å². The molecule has 3 aromatic rings. The van der Waals surface area contributed by atoms with Crippen LogP contribution >= 0.6 is 0 Å². The molecule has 5 nitrogen and oxygen atoms in total. The van der Waals surface area contributed by atoms with Crippen LogP contribution in [0.15, 0.2) is 48.7 Å². The number of primary amides is 1. The van der Waals surface area contributed by atoms with Gasteiger partial charge in [0.15, 0.2) is 0 Å². The first-order valence-corrected chi connectivity index (χ1v) is 8.33. The van der Waals surface area contributed by atoms with Crippen LogP contribution in [-0.4, -0.2) is 23.6 Å². The van der Waals surface area contributed by atoms with E-state index in [1.54, 1.807) is 29.0 Å². The van der Waals surface area contributed by atoms with Crippen LogP contribution in [0.2, 0.25) is 0 Å². The first kappa shape index (κ1) is 19.5. The lowest BCUT2D eigenvalue weighted by Crippen LogP contribution is -2.13. The predicted octanol–water partition coefficient (Wildman–Crippen LogP) is 3.52. The predicted molar refractivity (Wildman–Crippen MR) is 96.7 cm³/mol. The fourth-order valence-electron chi connectivity index (χ4n) is 3.07. The van der Waals surface area contributed by atoms with Crippen molar-refractivity contribution in [3.05, 3.63) is 70.9 Å². The molecule has 28 heavy (non-hydrogen) atoms. The van der Waals surface area contributed by atoms with Gasteiger partial charge in [0.2, 0.25) is 5.91 Å². The third kappa shape index (κ3) is 4.00. The van der Waals surface area contributed by atoms with Crippen LogP contribution in [0.25, 0.3) is 10.9 Å². The summed E-state index contributed by atoms with van der Waals surface area (Å²) in [6.07, 6.45) is -2.70. The number of ether oxygens (including phenoxy) is 1. The van der Waals surface area contributed by atoms with Crippen LogP contribution in [0, 0.1) is 0 Å². The highest BCUT2D eigenvalue weighted by atomic mass is 19.4. The zero-order valence-corrected chi connectivity index (χ0v) is 14.9. The van der Waals surface area contributed by atoms with Crippen LogP contribution < -0.4 is 5.73 Å². The molecule has 0 aliphatic carbocycles. The number of hydrogen-bond acceptors (Lipinski definition) is 3. The summed E-state index contributed by atoms with van der Waals surface area (Å²) in [6.45, 7) is 0.297. The number of alkyl halides is 3. The molecule has 1 heterocycles. The van der Waals surface area contributed by atoms with Gasteiger partial charge in [0.1, 0.15) is 0 Å². The van der Waals surface area contributed by atoms with E-state index in [1.807, 2.05) is 0 Å². The minimum absolute atomic E-state index is 0.0266. The van der Waals surface area contributed by atoms with Gasteiger partial charge in [0.05, 0.1) is 24.7 Å². The minimum atomic E-state index is -4.39.